The number of nitrogens with zero attached hydrogens (tertiary/aromatic N) is 7. The molecule has 0 unspecified atom stereocenters. The van der Waals surface area contributed by atoms with Crippen molar-refractivity contribution in [2.75, 3.05) is 17.8 Å². The van der Waals surface area contributed by atoms with Gasteiger partial charge in [0, 0.05) is 31.7 Å². The number of fused-ring (bicyclic) bond motifs is 1. The van der Waals surface area contributed by atoms with Gasteiger partial charge in [-0.2, -0.15) is 4.68 Å². The van der Waals surface area contributed by atoms with Crippen LogP contribution in [0.4, 0.5) is 11.6 Å². The molecule has 3 heterocycles. The minimum absolute atomic E-state index is 0.0145. The minimum Gasteiger partial charge on any atom is -0.377 e. The second-order valence-corrected chi connectivity index (χ2v) is 10.8. The van der Waals surface area contributed by atoms with Crippen molar-refractivity contribution >= 4 is 56.8 Å². The lowest BCUT2D eigenvalue weighted by Gasteiger charge is -2.25. The molecule has 0 radical (unpaired) electrons. The SMILES string of the molecule is O=C/C(=C/N1CCCCC1)c1nc2ccccc2n(N=Nc2ccc(S(=O)(=O)Nc3ncccn3)cc2)c1=S. The Morgan fingerprint density at radius 1 is 0.974 bits per heavy atom. The molecular formula is C26H24N8O3S2. The molecular weight excluding hydrogens is 536 g/mol. The van der Waals surface area contributed by atoms with Crippen LogP contribution >= 0.6 is 12.2 Å². The van der Waals surface area contributed by atoms with Gasteiger partial charge in [-0.05, 0) is 61.7 Å². The van der Waals surface area contributed by atoms with Crippen molar-refractivity contribution in [1.82, 2.24) is 24.5 Å². The Kier molecular flexibility index (Phi) is 7.79. The van der Waals surface area contributed by atoms with Crippen LogP contribution in [-0.4, -0.2) is 52.3 Å². The second-order valence-electron chi connectivity index (χ2n) is 8.73. The standard InChI is InChI=1S/C26H24N8O3S2/c35-18-19(17-33-15-4-1-5-16-33)24-25(38)34(23-8-3-2-7-22(23)29-24)32-30-20-9-11-21(12-10-20)39(36,37)31-26-27-13-6-14-28-26/h2-3,6-14,17-18H,1,4-5,15-16H2,(H,27,28,31)/b19-17-,32-30?. The molecule has 2 aromatic heterocycles. The normalized spacial score (nSPS) is 14.6. The summed E-state index contributed by atoms with van der Waals surface area (Å²) in [7, 11) is -3.88. The number of sulfonamides is 1. The molecule has 0 bridgehead atoms. The number of piperidine rings is 1. The lowest BCUT2D eigenvalue weighted by molar-refractivity contribution is -0.103. The molecule has 198 valence electrons. The average molecular weight is 561 g/mol. The number of para-hydroxylation sites is 2. The Morgan fingerprint density at radius 2 is 1.69 bits per heavy atom. The Balaban J connectivity index is 1.47. The number of carbonyl (C=O) groups is 1. The van der Waals surface area contributed by atoms with Crippen molar-refractivity contribution in [3.05, 3.63) is 83.5 Å². The number of benzene rings is 2. The number of allylic oxidation sites excluding steroid dienone is 1. The van der Waals surface area contributed by atoms with Crippen molar-refractivity contribution in [2.45, 2.75) is 24.2 Å². The highest BCUT2D eigenvalue weighted by Gasteiger charge is 2.16. The zero-order valence-corrected chi connectivity index (χ0v) is 22.3. The fraction of sp³-hybridized carbons (Fsp3) is 0.192. The number of anilines is 1. The highest BCUT2D eigenvalue weighted by atomic mass is 32.2. The van der Waals surface area contributed by atoms with Crippen molar-refractivity contribution < 1.29 is 13.2 Å². The fourth-order valence-electron chi connectivity index (χ4n) is 4.10. The van der Waals surface area contributed by atoms with E-state index >= 15 is 0 Å². The molecule has 1 saturated heterocycles. The summed E-state index contributed by atoms with van der Waals surface area (Å²) in [4.78, 5) is 26.6. The predicted molar refractivity (Wildman–Crippen MR) is 149 cm³/mol. The summed E-state index contributed by atoms with van der Waals surface area (Å²) in [5.41, 5.74) is 2.33. The molecule has 1 aliphatic heterocycles. The molecule has 39 heavy (non-hydrogen) atoms. The van der Waals surface area contributed by atoms with Gasteiger partial charge in [0.05, 0.1) is 27.2 Å². The molecule has 5 rings (SSSR count). The van der Waals surface area contributed by atoms with E-state index in [1.165, 1.54) is 47.8 Å². The third-order valence-corrected chi connectivity index (χ3v) is 7.75. The van der Waals surface area contributed by atoms with Gasteiger partial charge in [0.2, 0.25) is 5.95 Å². The maximum absolute atomic E-state index is 12.6. The van der Waals surface area contributed by atoms with Crippen LogP contribution in [0.25, 0.3) is 16.6 Å². The third kappa shape index (κ3) is 6.04. The number of rotatable bonds is 8. The van der Waals surface area contributed by atoms with Crippen molar-refractivity contribution in [3.8, 4) is 0 Å². The van der Waals surface area contributed by atoms with E-state index in [-0.39, 0.29) is 15.5 Å². The quantitative estimate of drug-likeness (QED) is 0.139. The maximum Gasteiger partial charge on any atom is 0.264 e. The van der Waals surface area contributed by atoms with E-state index in [4.69, 9.17) is 12.2 Å². The zero-order chi connectivity index (χ0) is 27.2. The molecule has 0 spiro atoms. The Labute approximate surface area is 230 Å². The summed E-state index contributed by atoms with van der Waals surface area (Å²) >= 11 is 5.71. The molecule has 1 aliphatic rings. The van der Waals surface area contributed by atoms with Crippen LogP contribution in [0.5, 0.6) is 0 Å². The Morgan fingerprint density at radius 3 is 2.41 bits per heavy atom. The predicted octanol–water partition coefficient (Wildman–Crippen LogP) is 4.93. The van der Waals surface area contributed by atoms with E-state index in [0.717, 1.165) is 32.2 Å². The lowest BCUT2D eigenvalue weighted by Crippen LogP contribution is -2.25. The number of aromatic nitrogens is 4. The highest BCUT2D eigenvalue weighted by molar-refractivity contribution is 7.92. The summed E-state index contributed by atoms with van der Waals surface area (Å²) in [5, 5.41) is 8.62. The van der Waals surface area contributed by atoms with Crippen LogP contribution < -0.4 is 4.72 Å². The molecule has 11 nitrogen and oxygen atoms in total. The first-order valence-corrected chi connectivity index (χ1v) is 14.1. The first kappa shape index (κ1) is 26.3. The minimum atomic E-state index is -3.88. The number of hydrogen-bond acceptors (Lipinski definition) is 10. The van der Waals surface area contributed by atoms with Gasteiger partial charge in [-0.25, -0.2) is 28.1 Å². The number of likely N-dealkylation sites (tertiary alicyclic amines) is 1. The monoisotopic (exact) mass is 560 g/mol. The van der Waals surface area contributed by atoms with Gasteiger partial charge in [-0.15, -0.1) is 5.11 Å². The van der Waals surface area contributed by atoms with Gasteiger partial charge in [-0.1, -0.05) is 29.6 Å². The van der Waals surface area contributed by atoms with E-state index in [2.05, 4.69) is 34.9 Å². The maximum atomic E-state index is 12.6. The zero-order valence-electron chi connectivity index (χ0n) is 20.7. The number of nitrogens with one attached hydrogen (secondary N) is 1. The van der Waals surface area contributed by atoms with Crippen LogP contribution in [-0.2, 0) is 14.8 Å². The summed E-state index contributed by atoms with van der Waals surface area (Å²) in [5.74, 6) is -0.0277. The molecule has 13 heteroatoms. The molecule has 4 aromatic rings. The van der Waals surface area contributed by atoms with Crippen LogP contribution in [0, 0.1) is 4.64 Å². The summed E-state index contributed by atoms with van der Waals surface area (Å²) in [6.07, 6.45) is 8.76. The smallest absolute Gasteiger partial charge is 0.264 e. The molecule has 0 aliphatic carbocycles. The van der Waals surface area contributed by atoms with Gasteiger partial charge in [0.15, 0.2) is 10.9 Å². The number of aldehydes is 1. The topological polar surface area (TPSA) is 135 Å². The first-order valence-electron chi connectivity index (χ1n) is 12.2. The van der Waals surface area contributed by atoms with E-state index in [0.29, 0.717) is 28.0 Å². The van der Waals surface area contributed by atoms with Gasteiger partial charge in [0.25, 0.3) is 10.0 Å². The van der Waals surface area contributed by atoms with E-state index < -0.39 is 10.0 Å². The molecule has 0 amide bonds. The van der Waals surface area contributed by atoms with Crippen LogP contribution in [0.15, 0.2) is 88.4 Å². The van der Waals surface area contributed by atoms with Gasteiger partial charge in [-0.3, -0.25) is 4.79 Å². The molecule has 1 N–H and O–H groups in total. The number of hydrogen-bond donors (Lipinski definition) is 1. The van der Waals surface area contributed by atoms with Crippen molar-refractivity contribution in [3.63, 3.8) is 0 Å². The number of carbonyl (C=O) groups excluding carboxylic acids is 1. The van der Waals surface area contributed by atoms with Crippen LogP contribution in [0.1, 0.15) is 25.0 Å². The van der Waals surface area contributed by atoms with E-state index in [1.54, 1.807) is 6.07 Å². The van der Waals surface area contributed by atoms with Gasteiger partial charge < -0.3 is 4.90 Å². The van der Waals surface area contributed by atoms with E-state index in [1.807, 2.05) is 30.5 Å². The van der Waals surface area contributed by atoms with Crippen LogP contribution in [0.2, 0.25) is 0 Å². The van der Waals surface area contributed by atoms with Crippen LogP contribution in [0.3, 0.4) is 0 Å². The Bertz CT molecular complexity index is 1710. The molecule has 2 aromatic carbocycles. The lowest BCUT2D eigenvalue weighted by atomic mass is 10.1. The van der Waals surface area contributed by atoms with E-state index in [9.17, 15) is 13.2 Å². The van der Waals surface area contributed by atoms with Gasteiger partial charge in [0.1, 0.15) is 5.69 Å². The molecule has 1 fully saturated rings. The second kappa shape index (κ2) is 11.6. The third-order valence-electron chi connectivity index (χ3n) is 6.04. The summed E-state index contributed by atoms with van der Waals surface area (Å²) < 4.78 is 29.3. The highest BCUT2D eigenvalue weighted by Crippen LogP contribution is 2.23. The summed E-state index contributed by atoms with van der Waals surface area (Å²) in [6, 6.07) is 14.7. The fourth-order valence-corrected chi connectivity index (χ4v) is 5.36. The van der Waals surface area contributed by atoms with Crippen molar-refractivity contribution in [1.29, 1.82) is 0 Å². The van der Waals surface area contributed by atoms with Crippen molar-refractivity contribution in [2.24, 2.45) is 10.3 Å². The summed E-state index contributed by atoms with van der Waals surface area (Å²) in [6.45, 7) is 1.74. The first-order chi connectivity index (χ1) is 18.9. The van der Waals surface area contributed by atoms with Gasteiger partial charge >= 0.3 is 0 Å². The Hall–Kier alpha value is -4.36. The largest absolute Gasteiger partial charge is 0.377 e. The molecule has 0 saturated carbocycles. The average Bonchev–Trinajstić information content (AvgIpc) is 2.96. The molecule has 0 atom stereocenters.